The molecule has 3 nitrogen and oxygen atoms in total. The zero-order chi connectivity index (χ0) is 13.5. The van der Waals surface area contributed by atoms with E-state index in [-0.39, 0.29) is 12.5 Å². The van der Waals surface area contributed by atoms with Crippen molar-refractivity contribution in [3.63, 3.8) is 0 Å². The lowest BCUT2D eigenvalue weighted by Gasteiger charge is -2.15. The van der Waals surface area contributed by atoms with Gasteiger partial charge in [-0.3, -0.25) is 4.79 Å². The van der Waals surface area contributed by atoms with Crippen LogP contribution in [-0.4, -0.2) is 17.6 Å². The Labute approximate surface area is 116 Å². The van der Waals surface area contributed by atoms with Crippen LogP contribution in [0.15, 0.2) is 30.9 Å². The summed E-state index contributed by atoms with van der Waals surface area (Å²) in [6.45, 7) is 3.62. The molecule has 0 aliphatic rings. The number of amides is 1. The molecule has 0 bridgehead atoms. The Hall–Kier alpha value is -1.03. The minimum atomic E-state index is -0.918. The van der Waals surface area contributed by atoms with E-state index in [0.717, 1.165) is 0 Å². The monoisotopic (exact) mass is 287 g/mol. The fourth-order valence-corrected chi connectivity index (χ4v) is 2.11. The van der Waals surface area contributed by atoms with Crippen molar-refractivity contribution in [1.29, 1.82) is 0 Å². The van der Waals surface area contributed by atoms with Crippen molar-refractivity contribution in [2.45, 2.75) is 18.9 Å². The highest BCUT2D eigenvalue weighted by molar-refractivity contribution is 6.36. The van der Waals surface area contributed by atoms with Gasteiger partial charge in [0.05, 0.1) is 6.10 Å². The Balaban J connectivity index is 2.57. The first kappa shape index (κ1) is 15.0. The number of nitrogens with one attached hydrogen (secondary N) is 1. The number of rotatable bonds is 6. The molecular weight excluding hydrogens is 273 g/mol. The van der Waals surface area contributed by atoms with Crippen LogP contribution in [0.25, 0.3) is 0 Å². The zero-order valence-corrected chi connectivity index (χ0v) is 11.3. The molecular formula is C13H15Cl2NO2. The van der Waals surface area contributed by atoms with Crippen LogP contribution in [0, 0.1) is 0 Å². The van der Waals surface area contributed by atoms with Crippen LogP contribution in [0.4, 0.5) is 0 Å². The Morgan fingerprint density at radius 2 is 2.06 bits per heavy atom. The van der Waals surface area contributed by atoms with Gasteiger partial charge in [-0.25, -0.2) is 0 Å². The fraction of sp³-hybridized carbons (Fsp3) is 0.308. The number of allylic oxidation sites excluding steroid dienone is 1. The second kappa shape index (κ2) is 7.41. The second-order valence-corrected chi connectivity index (χ2v) is 4.60. The van der Waals surface area contributed by atoms with Gasteiger partial charge >= 0.3 is 0 Å². The van der Waals surface area contributed by atoms with Gasteiger partial charge in [0.1, 0.15) is 0 Å². The van der Waals surface area contributed by atoms with Crippen molar-refractivity contribution in [3.05, 3.63) is 46.5 Å². The number of halogens is 2. The quantitative estimate of drug-likeness (QED) is 0.790. The SMILES string of the molecule is C=CCCC(=O)NCC(O)c1c(Cl)cccc1Cl. The number of aliphatic hydroxyl groups excluding tert-OH is 1. The number of aliphatic hydroxyl groups is 1. The second-order valence-electron chi connectivity index (χ2n) is 3.78. The van der Waals surface area contributed by atoms with Crippen molar-refractivity contribution in [2.24, 2.45) is 0 Å². The average molecular weight is 288 g/mol. The molecule has 0 saturated carbocycles. The van der Waals surface area contributed by atoms with Crippen LogP contribution in [0.2, 0.25) is 10.0 Å². The van der Waals surface area contributed by atoms with Crippen LogP contribution in [0.5, 0.6) is 0 Å². The Kier molecular flexibility index (Phi) is 6.19. The summed E-state index contributed by atoms with van der Waals surface area (Å²) in [5, 5.41) is 13.3. The van der Waals surface area contributed by atoms with E-state index < -0.39 is 6.10 Å². The predicted molar refractivity (Wildman–Crippen MR) is 73.9 cm³/mol. The van der Waals surface area contributed by atoms with E-state index in [2.05, 4.69) is 11.9 Å². The molecule has 0 aromatic heterocycles. The van der Waals surface area contributed by atoms with E-state index in [1.807, 2.05) is 0 Å². The van der Waals surface area contributed by atoms with E-state index in [1.54, 1.807) is 24.3 Å². The smallest absolute Gasteiger partial charge is 0.220 e. The largest absolute Gasteiger partial charge is 0.386 e. The fourth-order valence-electron chi connectivity index (χ4n) is 1.46. The van der Waals surface area contributed by atoms with E-state index in [0.29, 0.717) is 28.5 Å². The molecule has 0 fully saturated rings. The third-order valence-corrected chi connectivity index (χ3v) is 3.06. The minimum Gasteiger partial charge on any atom is -0.386 e. The maximum atomic E-state index is 11.4. The van der Waals surface area contributed by atoms with Crippen LogP contribution in [0.1, 0.15) is 24.5 Å². The van der Waals surface area contributed by atoms with Gasteiger partial charge in [-0.15, -0.1) is 6.58 Å². The number of carbonyl (C=O) groups excluding carboxylic acids is 1. The topological polar surface area (TPSA) is 49.3 Å². The maximum absolute atomic E-state index is 11.4. The van der Waals surface area contributed by atoms with Crippen molar-refractivity contribution < 1.29 is 9.90 Å². The summed E-state index contributed by atoms with van der Waals surface area (Å²) in [7, 11) is 0. The third kappa shape index (κ3) is 4.33. The highest BCUT2D eigenvalue weighted by Crippen LogP contribution is 2.29. The lowest BCUT2D eigenvalue weighted by atomic mass is 10.1. The summed E-state index contributed by atoms with van der Waals surface area (Å²) in [6.07, 6.45) is 1.71. The summed E-state index contributed by atoms with van der Waals surface area (Å²) in [6, 6.07) is 4.99. The van der Waals surface area contributed by atoms with Gasteiger partial charge in [0.15, 0.2) is 0 Å². The highest BCUT2D eigenvalue weighted by Gasteiger charge is 2.15. The number of benzene rings is 1. The number of hydrogen-bond acceptors (Lipinski definition) is 2. The summed E-state index contributed by atoms with van der Waals surface area (Å²) in [4.78, 5) is 11.4. The molecule has 2 N–H and O–H groups in total. The lowest BCUT2D eigenvalue weighted by molar-refractivity contribution is -0.121. The van der Waals surface area contributed by atoms with E-state index >= 15 is 0 Å². The molecule has 0 aliphatic heterocycles. The summed E-state index contributed by atoms with van der Waals surface area (Å²) in [5.41, 5.74) is 0.435. The lowest BCUT2D eigenvalue weighted by Crippen LogP contribution is -2.28. The third-order valence-electron chi connectivity index (χ3n) is 2.40. The van der Waals surface area contributed by atoms with E-state index in [9.17, 15) is 9.90 Å². The number of carbonyl (C=O) groups is 1. The van der Waals surface area contributed by atoms with E-state index in [1.165, 1.54) is 0 Å². The molecule has 0 radical (unpaired) electrons. The van der Waals surface area contributed by atoms with Gasteiger partial charge in [0, 0.05) is 28.6 Å². The minimum absolute atomic E-state index is 0.0828. The molecule has 1 rings (SSSR count). The van der Waals surface area contributed by atoms with Gasteiger partial charge in [-0.05, 0) is 18.6 Å². The summed E-state index contributed by atoms with van der Waals surface area (Å²) in [5.74, 6) is -0.142. The molecule has 5 heteroatoms. The van der Waals surface area contributed by atoms with E-state index in [4.69, 9.17) is 23.2 Å². The highest BCUT2D eigenvalue weighted by atomic mass is 35.5. The Morgan fingerprint density at radius 1 is 1.44 bits per heavy atom. The Morgan fingerprint density at radius 3 is 2.61 bits per heavy atom. The first-order chi connectivity index (χ1) is 8.56. The zero-order valence-electron chi connectivity index (χ0n) is 9.83. The Bertz CT molecular complexity index is 415. The molecule has 1 aromatic rings. The average Bonchev–Trinajstić information content (AvgIpc) is 2.33. The molecule has 1 atom stereocenters. The number of hydrogen-bond donors (Lipinski definition) is 2. The van der Waals surface area contributed by atoms with Crippen molar-refractivity contribution >= 4 is 29.1 Å². The molecule has 1 amide bonds. The van der Waals surface area contributed by atoms with Gasteiger partial charge in [-0.2, -0.15) is 0 Å². The van der Waals surface area contributed by atoms with Gasteiger partial charge in [-0.1, -0.05) is 35.3 Å². The molecule has 0 heterocycles. The van der Waals surface area contributed by atoms with Crippen molar-refractivity contribution in [1.82, 2.24) is 5.32 Å². The van der Waals surface area contributed by atoms with Crippen LogP contribution in [0.3, 0.4) is 0 Å². The van der Waals surface area contributed by atoms with Crippen LogP contribution in [-0.2, 0) is 4.79 Å². The molecule has 98 valence electrons. The van der Waals surface area contributed by atoms with Gasteiger partial charge in [0.2, 0.25) is 5.91 Å². The van der Waals surface area contributed by atoms with Crippen LogP contribution < -0.4 is 5.32 Å². The maximum Gasteiger partial charge on any atom is 0.220 e. The summed E-state index contributed by atoms with van der Waals surface area (Å²) < 4.78 is 0. The summed E-state index contributed by atoms with van der Waals surface area (Å²) >= 11 is 11.9. The first-order valence-corrected chi connectivity index (χ1v) is 6.31. The van der Waals surface area contributed by atoms with Crippen LogP contribution >= 0.6 is 23.2 Å². The van der Waals surface area contributed by atoms with Crippen molar-refractivity contribution in [3.8, 4) is 0 Å². The standard InChI is InChI=1S/C13H15Cl2NO2/c1-2-3-7-12(18)16-8-11(17)13-9(14)5-4-6-10(13)15/h2,4-6,11,17H,1,3,7-8H2,(H,16,18). The molecule has 1 aromatic carbocycles. The molecule has 18 heavy (non-hydrogen) atoms. The molecule has 0 spiro atoms. The molecule has 0 saturated heterocycles. The van der Waals surface area contributed by atoms with Crippen molar-refractivity contribution in [2.75, 3.05) is 6.54 Å². The molecule has 1 unspecified atom stereocenters. The molecule has 0 aliphatic carbocycles. The predicted octanol–water partition coefficient (Wildman–Crippen LogP) is 3.11. The van der Waals surface area contributed by atoms with Gasteiger partial charge in [0.25, 0.3) is 0 Å². The first-order valence-electron chi connectivity index (χ1n) is 5.55. The van der Waals surface area contributed by atoms with Gasteiger partial charge < -0.3 is 10.4 Å². The normalized spacial score (nSPS) is 11.9.